The second-order valence-electron chi connectivity index (χ2n) is 6.05. The standard InChI is InChI=1S/C20H25NO2/c1-3-23-19(22)20(2,21)15-7-8-16-11-13-18(14-12-16)17-9-5-4-6-10-17/h4-6,9-14H,3,7-8,15,21H2,1-2H3. The van der Waals surface area contributed by atoms with E-state index in [4.69, 9.17) is 10.5 Å². The van der Waals surface area contributed by atoms with E-state index < -0.39 is 5.54 Å². The van der Waals surface area contributed by atoms with E-state index in [1.54, 1.807) is 13.8 Å². The first kappa shape index (κ1) is 17.2. The number of carbonyl (C=O) groups is 1. The van der Waals surface area contributed by atoms with Crippen LogP contribution in [-0.4, -0.2) is 18.1 Å². The van der Waals surface area contributed by atoms with Crippen molar-refractivity contribution in [1.82, 2.24) is 0 Å². The van der Waals surface area contributed by atoms with E-state index in [0.29, 0.717) is 13.0 Å². The third kappa shape index (κ3) is 4.93. The molecule has 3 nitrogen and oxygen atoms in total. The molecule has 0 aliphatic rings. The highest BCUT2D eigenvalue weighted by Crippen LogP contribution is 2.20. The van der Waals surface area contributed by atoms with Crippen molar-refractivity contribution >= 4 is 5.97 Å². The van der Waals surface area contributed by atoms with Crippen LogP contribution in [0.5, 0.6) is 0 Å². The molecule has 0 aliphatic carbocycles. The summed E-state index contributed by atoms with van der Waals surface area (Å²) in [6.45, 7) is 3.90. The highest BCUT2D eigenvalue weighted by molar-refractivity contribution is 5.79. The van der Waals surface area contributed by atoms with Crippen LogP contribution in [-0.2, 0) is 16.0 Å². The van der Waals surface area contributed by atoms with Crippen LogP contribution in [0.3, 0.4) is 0 Å². The number of benzene rings is 2. The molecule has 2 aromatic carbocycles. The smallest absolute Gasteiger partial charge is 0.325 e. The van der Waals surface area contributed by atoms with E-state index in [1.807, 2.05) is 18.2 Å². The van der Waals surface area contributed by atoms with Gasteiger partial charge in [-0.1, -0.05) is 54.6 Å². The molecule has 0 saturated carbocycles. The molecule has 2 rings (SSSR count). The van der Waals surface area contributed by atoms with E-state index in [-0.39, 0.29) is 5.97 Å². The quantitative estimate of drug-likeness (QED) is 0.788. The summed E-state index contributed by atoms with van der Waals surface area (Å²) in [7, 11) is 0. The third-order valence-corrected chi connectivity index (χ3v) is 3.96. The molecule has 0 heterocycles. The number of esters is 1. The number of ether oxygens (including phenoxy) is 1. The molecule has 0 aromatic heterocycles. The molecule has 0 spiro atoms. The largest absolute Gasteiger partial charge is 0.465 e. The lowest BCUT2D eigenvalue weighted by Crippen LogP contribution is -2.46. The van der Waals surface area contributed by atoms with E-state index in [0.717, 1.165) is 12.8 Å². The van der Waals surface area contributed by atoms with E-state index in [9.17, 15) is 4.79 Å². The minimum Gasteiger partial charge on any atom is -0.465 e. The van der Waals surface area contributed by atoms with Gasteiger partial charge in [-0.05, 0) is 49.8 Å². The lowest BCUT2D eigenvalue weighted by atomic mass is 9.94. The van der Waals surface area contributed by atoms with Crippen LogP contribution in [0.4, 0.5) is 0 Å². The van der Waals surface area contributed by atoms with Gasteiger partial charge < -0.3 is 10.5 Å². The van der Waals surface area contributed by atoms with Gasteiger partial charge in [-0.2, -0.15) is 0 Å². The Labute approximate surface area is 138 Å². The topological polar surface area (TPSA) is 52.3 Å². The maximum atomic E-state index is 11.8. The number of nitrogens with two attached hydrogens (primary N) is 1. The van der Waals surface area contributed by atoms with Crippen LogP contribution < -0.4 is 5.73 Å². The number of carbonyl (C=O) groups excluding carboxylic acids is 1. The van der Waals surface area contributed by atoms with Gasteiger partial charge in [-0.25, -0.2) is 0 Å². The number of hydrogen-bond acceptors (Lipinski definition) is 3. The Morgan fingerprint density at radius 2 is 1.65 bits per heavy atom. The Morgan fingerprint density at radius 1 is 1.04 bits per heavy atom. The van der Waals surface area contributed by atoms with Crippen molar-refractivity contribution in [2.45, 2.75) is 38.6 Å². The summed E-state index contributed by atoms with van der Waals surface area (Å²) < 4.78 is 5.01. The summed E-state index contributed by atoms with van der Waals surface area (Å²) in [6, 6.07) is 18.9. The van der Waals surface area contributed by atoms with Crippen LogP contribution in [0.1, 0.15) is 32.3 Å². The van der Waals surface area contributed by atoms with Gasteiger partial charge in [0.1, 0.15) is 5.54 Å². The SMILES string of the molecule is CCOC(=O)C(C)(N)CCCc1ccc(-c2ccccc2)cc1. The zero-order valence-corrected chi connectivity index (χ0v) is 13.9. The summed E-state index contributed by atoms with van der Waals surface area (Å²) >= 11 is 0. The second-order valence-corrected chi connectivity index (χ2v) is 6.05. The van der Waals surface area contributed by atoms with Crippen molar-refractivity contribution in [2.24, 2.45) is 5.73 Å². The first-order chi connectivity index (χ1) is 11.0. The van der Waals surface area contributed by atoms with Gasteiger partial charge in [0, 0.05) is 0 Å². The maximum absolute atomic E-state index is 11.8. The lowest BCUT2D eigenvalue weighted by molar-refractivity contribution is -0.149. The zero-order chi connectivity index (χ0) is 16.7. The molecule has 2 N–H and O–H groups in total. The summed E-state index contributed by atoms with van der Waals surface area (Å²) in [6.07, 6.45) is 2.38. The average molecular weight is 311 g/mol. The Balaban J connectivity index is 1.88. The van der Waals surface area contributed by atoms with Gasteiger partial charge in [0.2, 0.25) is 0 Å². The third-order valence-electron chi connectivity index (χ3n) is 3.96. The van der Waals surface area contributed by atoms with Crippen LogP contribution >= 0.6 is 0 Å². The molecule has 0 radical (unpaired) electrons. The molecule has 0 saturated heterocycles. The van der Waals surface area contributed by atoms with Crippen molar-refractivity contribution in [3.05, 3.63) is 60.2 Å². The molecular weight excluding hydrogens is 286 g/mol. The summed E-state index contributed by atoms with van der Waals surface area (Å²) in [5.74, 6) is -0.320. The van der Waals surface area contributed by atoms with Gasteiger partial charge in [0.25, 0.3) is 0 Å². The molecule has 0 fully saturated rings. The molecule has 3 heteroatoms. The minimum atomic E-state index is -0.903. The predicted octanol–water partition coefficient (Wildman–Crippen LogP) is 3.96. The Hall–Kier alpha value is -2.13. The molecule has 23 heavy (non-hydrogen) atoms. The molecule has 1 atom stereocenters. The highest BCUT2D eigenvalue weighted by Gasteiger charge is 2.29. The van der Waals surface area contributed by atoms with Gasteiger partial charge in [0.15, 0.2) is 0 Å². The van der Waals surface area contributed by atoms with E-state index in [2.05, 4.69) is 36.4 Å². The molecule has 1 unspecified atom stereocenters. The number of hydrogen-bond donors (Lipinski definition) is 1. The summed E-state index contributed by atoms with van der Waals surface area (Å²) in [5, 5.41) is 0. The van der Waals surface area contributed by atoms with Crippen molar-refractivity contribution < 1.29 is 9.53 Å². The van der Waals surface area contributed by atoms with Crippen molar-refractivity contribution in [3.8, 4) is 11.1 Å². The van der Waals surface area contributed by atoms with Crippen LogP contribution in [0.15, 0.2) is 54.6 Å². The Morgan fingerprint density at radius 3 is 2.26 bits per heavy atom. The van der Waals surface area contributed by atoms with Crippen LogP contribution in [0.2, 0.25) is 0 Å². The maximum Gasteiger partial charge on any atom is 0.325 e. The first-order valence-corrected chi connectivity index (χ1v) is 8.13. The second kappa shape index (κ2) is 7.93. The fourth-order valence-electron chi connectivity index (χ4n) is 2.55. The molecule has 122 valence electrons. The molecular formula is C20H25NO2. The monoisotopic (exact) mass is 311 g/mol. The minimum absolute atomic E-state index is 0.320. The zero-order valence-electron chi connectivity index (χ0n) is 13.9. The fraction of sp³-hybridized carbons (Fsp3) is 0.350. The van der Waals surface area contributed by atoms with Crippen molar-refractivity contribution in [1.29, 1.82) is 0 Å². The van der Waals surface area contributed by atoms with Crippen LogP contribution in [0, 0.1) is 0 Å². The molecule has 0 aliphatic heterocycles. The molecule has 0 amide bonds. The highest BCUT2D eigenvalue weighted by atomic mass is 16.5. The summed E-state index contributed by atoms with van der Waals surface area (Å²) in [5.41, 5.74) is 8.82. The van der Waals surface area contributed by atoms with E-state index in [1.165, 1.54) is 16.7 Å². The summed E-state index contributed by atoms with van der Waals surface area (Å²) in [4.78, 5) is 11.8. The normalized spacial score (nSPS) is 13.3. The molecule has 2 aromatic rings. The van der Waals surface area contributed by atoms with Gasteiger partial charge in [-0.3, -0.25) is 4.79 Å². The van der Waals surface area contributed by atoms with Crippen molar-refractivity contribution in [3.63, 3.8) is 0 Å². The van der Waals surface area contributed by atoms with Crippen LogP contribution in [0.25, 0.3) is 11.1 Å². The van der Waals surface area contributed by atoms with Crippen molar-refractivity contribution in [2.75, 3.05) is 6.61 Å². The lowest BCUT2D eigenvalue weighted by Gasteiger charge is -2.22. The molecule has 0 bridgehead atoms. The number of aryl methyl sites for hydroxylation is 1. The average Bonchev–Trinajstić information content (AvgIpc) is 2.56. The van der Waals surface area contributed by atoms with Gasteiger partial charge in [0.05, 0.1) is 6.61 Å². The Bertz CT molecular complexity index is 618. The predicted molar refractivity (Wildman–Crippen MR) is 94.0 cm³/mol. The van der Waals surface area contributed by atoms with E-state index >= 15 is 0 Å². The first-order valence-electron chi connectivity index (χ1n) is 8.13. The van der Waals surface area contributed by atoms with Gasteiger partial charge >= 0.3 is 5.97 Å². The number of rotatable bonds is 7. The van der Waals surface area contributed by atoms with Gasteiger partial charge in [-0.15, -0.1) is 0 Å². The Kier molecular flexibility index (Phi) is 5.94. The fourth-order valence-corrected chi connectivity index (χ4v) is 2.55.